The maximum Gasteiger partial charge on any atom is 0.189 e. The average Bonchev–Trinajstić information content (AvgIpc) is 2.79. The van der Waals surface area contributed by atoms with Gasteiger partial charge in [0.2, 0.25) is 0 Å². The van der Waals surface area contributed by atoms with Crippen molar-refractivity contribution in [1.29, 1.82) is 0 Å². The molecule has 2 aliphatic carbocycles. The number of carbonyl (C=O) groups excluding carboxylic acids is 1. The first kappa shape index (κ1) is 11.3. The van der Waals surface area contributed by atoms with Crippen LogP contribution in [0.4, 0.5) is 0 Å². The van der Waals surface area contributed by atoms with Crippen molar-refractivity contribution in [2.24, 2.45) is 17.8 Å². The summed E-state index contributed by atoms with van der Waals surface area (Å²) in [5.74, 6) is 3.22. The van der Waals surface area contributed by atoms with Gasteiger partial charge in [-0.1, -0.05) is 37.3 Å². The Kier molecular flexibility index (Phi) is 3.90. The van der Waals surface area contributed by atoms with Crippen LogP contribution < -0.4 is 0 Å². The predicted molar refractivity (Wildman–Crippen MR) is 65.8 cm³/mol. The minimum Gasteiger partial charge on any atom is -0.287 e. The first-order valence-corrected chi connectivity index (χ1v) is 7.12. The second kappa shape index (κ2) is 5.20. The van der Waals surface area contributed by atoms with E-state index in [2.05, 4.69) is 19.1 Å². The van der Waals surface area contributed by atoms with Gasteiger partial charge in [-0.15, -0.1) is 0 Å². The largest absolute Gasteiger partial charge is 0.287 e. The van der Waals surface area contributed by atoms with Gasteiger partial charge in [0, 0.05) is 12.2 Å². The molecule has 84 valence electrons. The van der Waals surface area contributed by atoms with Gasteiger partial charge >= 0.3 is 0 Å². The van der Waals surface area contributed by atoms with Gasteiger partial charge in [-0.3, -0.25) is 4.79 Å². The molecule has 2 rings (SSSR count). The molecule has 0 N–H and O–H groups in total. The maximum absolute atomic E-state index is 11.7. The summed E-state index contributed by atoms with van der Waals surface area (Å²) in [5, 5.41) is 0.425. The fourth-order valence-electron chi connectivity index (χ4n) is 2.73. The Morgan fingerprint density at radius 2 is 2.27 bits per heavy atom. The number of hydrogen-bond acceptors (Lipinski definition) is 2. The van der Waals surface area contributed by atoms with Crippen molar-refractivity contribution in [3.8, 4) is 0 Å². The van der Waals surface area contributed by atoms with Crippen LogP contribution >= 0.6 is 11.8 Å². The van der Waals surface area contributed by atoms with Gasteiger partial charge in [0.05, 0.1) is 0 Å². The van der Waals surface area contributed by atoms with Gasteiger partial charge < -0.3 is 0 Å². The quantitative estimate of drug-likeness (QED) is 0.524. The van der Waals surface area contributed by atoms with Crippen molar-refractivity contribution in [1.82, 2.24) is 0 Å². The Balaban J connectivity index is 1.69. The maximum atomic E-state index is 11.7. The molecule has 3 unspecified atom stereocenters. The lowest BCUT2D eigenvalue weighted by Gasteiger charge is -2.16. The van der Waals surface area contributed by atoms with E-state index in [-0.39, 0.29) is 0 Å². The van der Waals surface area contributed by atoms with Crippen LogP contribution in [0, 0.1) is 17.8 Å². The van der Waals surface area contributed by atoms with E-state index in [1.807, 2.05) is 0 Å². The summed E-state index contributed by atoms with van der Waals surface area (Å²) < 4.78 is 0. The van der Waals surface area contributed by atoms with E-state index in [0.717, 1.165) is 24.0 Å². The fraction of sp³-hybridized carbons (Fsp3) is 0.769. The summed E-state index contributed by atoms with van der Waals surface area (Å²) in [6.45, 7) is 2.17. The Morgan fingerprint density at radius 1 is 1.40 bits per heavy atom. The molecule has 3 atom stereocenters. The summed E-state index contributed by atoms with van der Waals surface area (Å²) in [6, 6.07) is 0. The summed E-state index contributed by atoms with van der Waals surface area (Å²) in [7, 11) is 0. The summed E-state index contributed by atoms with van der Waals surface area (Å²) in [5.41, 5.74) is 0. The van der Waals surface area contributed by atoms with Crippen LogP contribution in [0.25, 0.3) is 0 Å². The van der Waals surface area contributed by atoms with Crippen molar-refractivity contribution in [2.45, 2.75) is 39.0 Å². The van der Waals surface area contributed by atoms with Crippen LogP contribution in [-0.4, -0.2) is 10.9 Å². The molecular weight excluding hydrogens is 204 g/mol. The fourth-order valence-corrected chi connectivity index (χ4v) is 3.73. The third-order valence-corrected chi connectivity index (χ3v) is 4.59. The first-order valence-electron chi connectivity index (χ1n) is 6.13. The molecule has 2 bridgehead atoms. The molecule has 0 aromatic heterocycles. The number of thioether (sulfide) groups is 1. The number of allylic oxidation sites excluding steroid dienone is 2. The molecule has 0 heterocycles. The number of fused-ring (bicyclic) bond motifs is 2. The van der Waals surface area contributed by atoms with Crippen molar-refractivity contribution >= 4 is 16.9 Å². The van der Waals surface area contributed by atoms with Crippen LogP contribution in [0.15, 0.2) is 12.2 Å². The highest BCUT2D eigenvalue weighted by atomic mass is 32.2. The highest BCUT2D eigenvalue weighted by molar-refractivity contribution is 8.13. The van der Waals surface area contributed by atoms with Gasteiger partial charge in [0.25, 0.3) is 0 Å². The van der Waals surface area contributed by atoms with E-state index < -0.39 is 0 Å². The summed E-state index contributed by atoms with van der Waals surface area (Å²) in [4.78, 5) is 11.7. The zero-order valence-corrected chi connectivity index (χ0v) is 10.3. The van der Waals surface area contributed by atoms with Crippen LogP contribution in [0.1, 0.15) is 39.0 Å². The van der Waals surface area contributed by atoms with E-state index >= 15 is 0 Å². The topological polar surface area (TPSA) is 17.1 Å². The highest BCUT2D eigenvalue weighted by Crippen LogP contribution is 2.45. The lowest BCUT2D eigenvalue weighted by molar-refractivity contribution is -0.111. The molecule has 1 fully saturated rings. The van der Waals surface area contributed by atoms with Crippen LogP contribution in [-0.2, 0) is 4.79 Å². The minimum absolute atomic E-state index is 0.425. The molecule has 1 saturated carbocycles. The molecule has 0 aliphatic heterocycles. The van der Waals surface area contributed by atoms with E-state index in [1.165, 1.54) is 25.7 Å². The van der Waals surface area contributed by atoms with E-state index in [9.17, 15) is 4.79 Å². The van der Waals surface area contributed by atoms with Crippen molar-refractivity contribution in [2.75, 3.05) is 5.75 Å². The zero-order valence-electron chi connectivity index (χ0n) is 9.45. The lowest BCUT2D eigenvalue weighted by atomic mass is 9.91. The Morgan fingerprint density at radius 3 is 2.87 bits per heavy atom. The zero-order chi connectivity index (χ0) is 10.7. The second-order valence-corrected chi connectivity index (χ2v) is 5.97. The monoisotopic (exact) mass is 224 g/mol. The SMILES string of the molecule is CCCCSC(=O)CC1CC2C=CC1C2. The number of rotatable bonds is 5. The van der Waals surface area contributed by atoms with Gasteiger partial charge in [-0.2, -0.15) is 0 Å². The second-order valence-electron chi connectivity index (χ2n) is 4.82. The van der Waals surface area contributed by atoms with E-state index in [0.29, 0.717) is 11.0 Å². The van der Waals surface area contributed by atoms with Gasteiger partial charge in [0.15, 0.2) is 5.12 Å². The number of unbranched alkanes of at least 4 members (excludes halogenated alkanes) is 1. The van der Waals surface area contributed by atoms with Gasteiger partial charge in [0.1, 0.15) is 0 Å². The third-order valence-electron chi connectivity index (χ3n) is 3.61. The van der Waals surface area contributed by atoms with Crippen LogP contribution in [0.3, 0.4) is 0 Å². The predicted octanol–water partition coefficient (Wildman–Crippen LogP) is 3.65. The van der Waals surface area contributed by atoms with Gasteiger partial charge in [-0.25, -0.2) is 0 Å². The number of hydrogen-bond donors (Lipinski definition) is 0. The highest BCUT2D eigenvalue weighted by Gasteiger charge is 2.36. The molecule has 0 aromatic carbocycles. The molecule has 0 spiro atoms. The van der Waals surface area contributed by atoms with E-state index in [4.69, 9.17) is 0 Å². The number of carbonyl (C=O) groups is 1. The molecule has 0 amide bonds. The minimum atomic E-state index is 0.425. The Hall–Kier alpha value is -0.240. The Labute approximate surface area is 96.7 Å². The molecule has 0 radical (unpaired) electrons. The molecule has 0 saturated heterocycles. The van der Waals surface area contributed by atoms with Gasteiger partial charge in [-0.05, 0) is 37.0 Å². The van der Waals surface area contributed by atoms with E-state index in [1.54, 1.807) is 11.8 Å². The summed E-state index contributed by atoms with van der Waals surface area (Å²) >= 11 is 1.55. The van der Waals surface area contributed by atoms with Crippen molar-refractivity contribution in [3.63, 3.8) is 0 Å². The standard InChI is InChI=1S/C13H20OS/c1-2-3-6-15-13(14)9-12-8-10-4-5-11(12)7-10/h4-5,10-12H,2-3,6-9H2,1H3. The third kappa shape index (κ3) is 2.87. The van der Waals surface area contributed by atoms with Crippen LogP contribution in [0.5, 0.6) is 0 Å². The first-order chi connectivity index (χ1) is 7.29. The molecule has 2 heteroatoms. The molecule has 15 heavy (non-hydrogen) atoms. The van der Waals surface area contributed by atoms with Crippen molar-refractivity contribution in [3.05, 3.63) is 12.2 Å². The van der Waals surface area contributed by atoms with Crippen LogP contribution in [0.2, 0.25) is 0 Å². The molecule has 2 aliphatic rings. The molecule has 1 nitrogen and oxygen atoms in total. The average molecular weight is 224 g/mol. The molecule has 0 aromatic rings. The summed E-state index contributed by atoms with van der Waals surface area (Å²) in [6.07, 6.45) is 10.4. The smallest absolute Gasteiger partial charge is 0.189 e. The molecular formula is C13H20OS. The lowest BCUT2D eigenvalue weighted by Crippen LogP contribution is -2.11. The Bertz CT molecular complexity index is 259. The normalized spacial score (nSPS) is 32.5. The van der Waals surface area contributed by atoms with Crippen molar-refractivity contribution < 1.29 is 4.79 Å².